The Morgan fingerprint density at radius 2 is 2.09 bits per heavy atom. The lowest BCUT2D eigenvalue weighted by Gasteiger charge is -2.24. The molecule has 3 unspecified atom stereocenters. The summed E-state index contributed by atoms with van der Waals surface area (Å²) in [5.74, 6) is 0.461. The van der Waals surface area contributed by atoms with Crippen molar-refractivity contribution in [2.45, 2.75) is 44.9 Å². The summed E-state index contributed by atoms with van der Waals surface area (Å²) >= 11 is 0. The van der Waals surface area contributed by atoms with Crippen LogP contribution in [0.15, 0.2) is 30.3 Å². The predicted molar refractivity (Wildman–Crippen MR) is 87.8 cm³/mol. The van der Waals surface area contributed by atoms with Gasteiger partial charge in [-0.15, -0.1) is 0 Å². The molecule has 0 aromatic heterocycles. The van der Waals surface area contributed by atoms with E-state index in [0.717, 1.165) is 19.4 Å². The van der Waals surface area contributed by atoms with Gasteiger partial charge in [-0.05, 0) is 24.3 Å². The van der Waals surface area contributed by atoms with Crippen molar-refractivity contribution in [3.63, 3.8) is 0 Å². The molecule has 2 N–H and O–H groups in total. The van der Waals surface area contributed by atoms with Gasteiger partial charge < -0.3 is 19.9 Å². The molecular weight excluding hydrogens is 278 g/mol. The zero-order valence-electron chi connectivity index (χ0n) is 13.7. The summed E-state index contributed by atoms with van der Waals surface area (Å²) in [6.45, 7) is 6.68. The SMILES string of the molecule is CC(C)C(NCC(O)COCC1CCCO1)c1ccccc1. The minimum absolute atomic E-state index is 0.216. The number of rotatable bonds is 9. The molecule has 0 radical (unpaired) electrons. The van der Waals surface area contributed by atoms with Crippen LogP contribution < -0.4 is 5.32 Å². The molecule has 1 aromatic carbocycles. The quantitative estimate of drug-likeness (QED) is 0.736. The Bertz CT molecular complexity index is 404. The van der Waals surface area contributed by atoms with Gasteiger partial charge in [-0.1, -0.05) is 44.2 Å². The number of nitrogens with one attached hydrogen (secondary N) is 1. The number of ether oxygens (including phenoxy) is 2. The van der Waals surface area contributed by atoms with Crippen LogP contribution in [-0.4, -0.2) is 43.7 Å². The highest BCUT2D eigenvalue weighted by Crippen LogP contribution is 2.21. The lowest BCUT2D eigenvalue weighted by molar-refractivity contribution is -0.0172. The van der Waals surface area contributed by atoms with E-state index in [-0.39, 0.29) is 12.1 Å². The summed E-state index contributed by atoms with van der Waals surface area (Å²) in [5.41, 5.74) is 1.25. The van der Waals surface area contributed by atoms with Gasteiger partial charge in [-0.3, -0.25) is 0 Å². The first-order chi connectivity index (χ1) is 10.7. The van der Waals surface area contributed by atoms with Crippen molar-refractivity contribution in [3.05, 3.63) is 35.9 Å². The second-order valence-electron chi connectivity index (χ2n) is 6.37. The molecule has 0 saturated carbocycles. The lowest BCUT2D eigenvalue weighted by atomic mass is 9.96. The van der Waals surface area contributed by atoms with E-state index in [4.69, 9.17) is 9.47 Å². The summed E-state index contributed by atoms with van der Waals surface area (Å²) in [5, 5.41) is 13.5. The third-order valence-electron chi connectivity index (χ3n) is 4.04. The first-order valence-electron chi connectivity index (χ1n) is 8.32. The van der Waals surface area contributed by atoms with Crippen LogP contribution >= 0.6 is 0 Å². The first kappa shape index (κ1) is 17.4. The molecule has 1 fully saturated rings. The van der Waals surface area contributed by atoms with Gasteiger partial charge in [-0.2, -0.15) is 0 Å². The van der Waals surface area contributed by atoms with E-state index in [1.54, 1.807) is 0 Å². The number of aliphatic hydroxyl groups excluding tert-OH is 1. The zero-order chi connectivity index (χ0) is 15.8. The maximum Gasteiger partial charge on any atom is 0.0897 e. The predicted octanol–water partition coefficient (Wildman–Crippen LogP) is 2.53. The van der Waals surface area contributed by atoms with Crippen molar-refractivity contribution >= 4 is 0 Å². The molecule has 0 amide bonds. The second-order valence-corrected chi connectivity index (χ2v) is 6.37. The highest BCUT2D eigenvalue weighted by molar-refractivity contribution is 5.19. The number of hydrogen-bond acceptors (Lipinski definition) is 4. The van der Waals surface area contributed by atoms with Crippen molar-refractivity contribution in [1.82, 2.24) is 5.32 Å². The summed E-state index contributed by atoms with van der Waals surface area (Å²) in [4.78, 5) is 0. The number of aliphatic hydroxyl groups is 1. The number of benzene rings is 1. The molecule has 4 heteroatoms. The molecule has 1 aliphatic rings. The van der Waals surface area contributed by atoms with Crippen LogP contribution in [0.1, 0.15) is 38.3 Å². The van der Waals surface area contributed by atoms with Crippen molar-refractivity contribution < 1.29 is 14.6 Å². The van der Waals surface area contributed by atoms with Gasteiger partial charge in [0.15, 0.2) is 0 Å². The van der Waals surface area contributed by atoms with E-state index in [1.165, 1.54) is 5.56 Å². The minimum atomic E-state index is -0.494. The Balaban J connectivity index is 1.69. The topological polar surface area (TPSA) is 50.7 Å². The standard InChI is InChI=1S/C18H29NO3/c1-14(2)18(15-7-4-3-5-8-15)19-11-16(20)12-21-13-17-9-6-10-22-17/h3-5,7-8,14,16-20H,6,9-13H2,1-2H3. The summed E-state index contributed by atoms with van der Waals surface area (Å²) in [6, 6.07) is 10.6. The Kier molecular flexibility index (Phi) is 7.33. The van der Waals surface area contributed by atoms with E-state index in [2.05, 4.69) is 31.3 Å². The zero-order valence-corrected chi connectivity index (χ0v) is 13.7. The molecule has 1 saturated heterocycles. The van der Waals surface area contributed by atoms with E-state index >= 15 is 0 Å². The van der Waals surface area contributed by atoms with Crippen molar-refractivity contribution in [1.29, 1.82) is 0 Å². The first-order valence-corrected chi connectivity index (χ1v) is 8.32. The molecule has 3 atom stereocenters. The Morgan fingerprint density at radius 1 is 1.32 bits per heavy atom. The van der Waals surface area contributed by atoms with E-state index in [1.807, 2.05) is 18.2 Å². The molecular formula is C18H29NO3. The highest BCUT2D eigenvalue weighted by atomic mass is 16.5. The van der Waals surface area contributed by atoms with E-state index < -0.39 is 6.10 Å². The molecule has 2 rings (SSSR count). The van der Waals surface area contributed by atoms with Crippen LogP contribution in [0.5, 0.6) is 0 Å². The van der Waals surface area contributed by atoms with Crippen LogP contribution in [0.2, 0.25) is 0 Å². The highest BCUT2D eigenvalue weighted by Gasteiger charge is 2.18. The fraction of sp³-hybridized carbons (Fsp3) is 0.667. The van der Waals surface area contributed by atoms with Crippen molar-refractivity contribution in [3.8, 4) is 0 Å². The molecule has 22 heavy (non-hydrogen) atoms. The molecule has 124 valence electrons. The Morgan fingerprint density at radius 3 is 2.73 bits per heavy atom. The summed E-state index contributed by atoms with van der Waals surface area (Å²) in [6.07, 6.45) is 1.91. The maximum atomic E-state index is 10.1. The largest absolute Gasteiger partial charge is 0.389 e. The molecule has 0 spiro atoms. The number of hydrogen-bond donors (Lipinski definition) is 2. The lowest BCUT2D eigenvalue weighted by Crippen LogP contribution is -2.35. The van der Waals surface area contributed by atoms with E-state index in [0.29, 0.717) is 25.7 Å². The Labute approximate surface area is 133 Å². The van der Waals surface area contributed by atoms with Crippen molar-refractivity contribution in [2.24, 2.45) is 5.92 Å². The van der Waals surface area contributed by atoms with Gasteiger partial charge in [0.1, 0.15) is 0 Å². The van der Waals surface area contributed by atoms with Crippen LogP contribution in [0.3, 0.4) is 0 Å². The van der Waals surface area contributed by atoms with E-state index in [9.17, 15) is 5.11 Å². The van der Waals surface area contributed by atoms with Gasteiger partial charge in [0.05, 0.1) is 25.4 Å². The minimum Gasteiger partial charge on any atom is -0.389 e. The third kappa shape index (κ3) is 5.69. The molecule has 1 aliphatic heterocycles. The van der Waals surface area contributed by atoms with Crippen LogP contribution in [0.4, 0.5) is 0 Å². The third-order valence-corrected chi connectivity index (χ3v) is 4.04. The molecule has 0 bridgehead atoms. The molecule has 4 nitrogen and oxygen atoms in total. The second kappa shape index (κ2) is 9.26. The monoisotopic (exact) mass is 307 g/mol. The maximum absolute atomic E-state index is 10.1. The van der Waals surface area contributed by atoms with Gasteiger partial charge >= 0.3 is 0 Å². The summed E-state index contributed by atoms with van der Waals surface area (Å²) in [7, 11) is 0. The smallest absolute Gasteiger partial charge is 0.0897 e. The van der Waals surface area contributed by atoms with Gasteiger partial charge in [0.2, 0.25) is 0 Å². The molecule has 1 aromatic rings. The fourth-order valence-corrected chi connectivity index (χ4v) is 2.83. The van der Waals surface area contributed by atoms with Gasteiger partial charge in [0, 0.05) is 19.2 Å². The summed E-state index contributed by atoms with van der Waals surface area (Å²) < 4.78 is 11.1. The van der Waals surface area contributed by atoms with Gasteiger partial charge in [0.25, 0.3) is 0 Å². The average Bonchev–Trinajstić information content (AvgIpc) is 3.01. The molecule has 1 heterocycles. The van der Waals surface area contributed by atoms with Gasteiger partial charge in [-0.25, -0.2) is 0 Å². The van der Waals surface area contributed by atoms with Crippen LogP contribution in [0.25, 0.3) is 0 Å². The normalized spacial score (nSPS) is 21.2. The van der Waals surface area contributed by atoms with Crippen LogP contribution in [-0.2, 0) is 9.47 Å². The Hall–Kier alpha value is -0.940. The fourth-order valence-electron chi connectivity index (χ4n) is 2.83. The van der Waals surface area contributed by atoms with Crippen molar-refractivity contribution in [2.75, 3.05) is 26.4 Å². The molecule has 0 aliphatic carbocycles. The average molecular weight is 307 g/mol. The van der Waals surface area contributed by atoms with Crippen LogP contribution in [0, 0.1) is 5.92 Å².